The van der Waals surface area contributed by atoms with Gasteiger partial charge in [0.2, 0.25) is 5.91 Å². The van der Waals surface area contributed by atoms with Crippen LogP contribution in [0, 0.1) is 6.92 Å². The molecule has 0 saturated heterocycles. The van der Waals surface area contributed by atoms with Crippen molar-refractivity contribution in [2.24, 2.45) is 0 Å². The summed E-state index contributed by atoms with van der Waals surface area (Å²) in [4.78, 5) is 27.7. The molecule has 1 atom stereocenters. The molecule has 0 aromatic heterocycles. The zero-order chi connectivity index (χ0) is 23.1. The van der Waals surface area contributed by atoms with Crippen LogP contribution in [0.1, 0.15) is 69.1 Å². The van der Waals surface area contributed by atoms with E-state index in [9.17, 15) is 9.59 Å². The van der Waals surface area contributed by atoms with E-state index in [1.807, 2.05) is 55.5 Å². The molecule has 0 spiro atoms. The van der Waals surface area contributed by atoms with Crippen LogP contribution in [-0.2, 0) is 16.1 Å². The van der Waals surface area contributed by atoms with Gasteiger partial charge < -0.3 is 15.0 Å². The summed E-state index contributed by atoms with van der Waals surface area (Å²) >= 11 is 0. The third-order valence-electron chi connectivity index (χ3n) is 6.21. The van der Waals surface area contributed by atoms with Gasteiger partial charge >= 0.3 is 0 Å². The van der Waals surface area contributed by atoms with E-state index in [0.717, 1.165) is 36.8 Å². The maximum atomic E-state index is 13.2. The molecule has 1 saturated carbocycles. The van der Waals surface area contributed by atoms with Gasteiger partial charge in [0.25, 0.3) is 5.91 Å². The molecule has 2 aromatic rings. The zero-order valence-corrected chi connectivity index (χ0v) is 19.8. The molecule has 5 heteroatoms. The molecular weight excluding hydrogens is 400 g/mol. The summed E-state index contributed by atoms with van der Waals surface area (Å²) in [5.41, 5.74) is 3.35. The van der Waals surface area contributed by atoms with E-state index in [1.54, 1.807) is 11.8 Å². The zero-order valence-electron chi connectivity index (χ0n) is 19.8. The van der Waals surface area contributed by atoms with Gasteiger partial charge in [-0.1, -0.05) is 68.7 Å². The summed E-state index contributed by atoms with van der Waals surface area (Å²) in [6.07, 6.45) is 4.32. The predicted octanol–water partition coefficient (Wildman–Crippen LogP) is 4.97. The fraction of sp³-hybridized carbons (Fsp3) is 0.481. The van der Waals surface area contributed by atoms with Gasteiger partial charge in [-0.25, -0.2) is 0 Å². The van der Waals surface area contributed by atoms with Gasteiger partial charge in [0.05, 0.1) is 0 Å². The highest BCUT2D eigenvalue weighted by Crippen LogP contribution is 2.20. The van der Waals surface area contributed by atoms with Gasteiger partial charge in [0, 0.05) is 12.6 Å². The molecule has 5 nitrogen and oxygen atoms in total. The van der Waals surface area contributed by atoms with Crippen molar-refractivity contribution in [3.05, 3.63) is 65.2 Å². The smallest absolute Gasteiger partial charge is 0.261 e. The Hall–Kier alpha value is -2.82. The van der Waals surface area contributed by atoms with Gasteiger partial charge in [-0.05, 0) is 55.9 Å². The number of nitrogens with one attached hydrogen (secondary N) is 1. The summed E-state index contributed by atoms with van der Waals surface area (Å²) in [7, 11) is 0. The topological polar surface area (TPSA) is 58.6 Å². The Bertz CT molecular complexity index is 901. The first kappa shape index (κ1) is 23.8. The Labute approximate surface area is 192 Å². The van der Waals surface area contributed by atoms with E-state index >= 15 is 0 Å². The van der Waals surface area contributed by atoms with Crippen LogP contribution in [0.25, 0.3) is 0 Å². The molecule has 1 aliphatic carbocycles. The molecule has 1 fully saturated rings. The lowest BCUT2D eigenvalue weighted by molar-refractivity contribution is -0.142. The van der Waals surface area contributed by atoms with Crippen molar-refractivity contribution >= 4 is 11.8 Å². The Kier molecular flexibility index (Phi) is 8.32. The first-order valence-corrected chi connectivity index (χ1v) is 11.7. The van der Waals surface area contributed by atoms with E-state index in [2.05, 4.69) is 19.2 Å². The number of hydrogen-bond acceptors (Lipinski definition) is 3. The molecule has 2 aromatic carbocycles. The van der Waals surface area contributed by atoms with Gasteiger partial charge in [-0.15, -0.1) is 0 Å². The standard InChI is InChI=1S/C27H36N2O3/c1-19(2)23-12-14-25(15-13-23)32-18-26(30)29(17-22-9-7-8-20(3)16-22)21(4)27(31)28-24-10-5-6-11-24/h7-9,12-16,19,21,24H,5-6,10-11,17-18H2,1-4H3,(H,28,31)/t21-/m0/s1. The average molecular weight is 437 g/mol. The minimum absolute atomic E-state index is 0.0980. The average Bonchev–Trinajstić information content (AvgIpc) is 3.28. The predicted molar refractivity (Wildman–Crippen MR) is 128 cm³/mol. The number of aryl methyl sites for hydroxylation is 1. The Morgan fingerprint density at radius 3 is 2.38 bits per heavy atom. The normalized spacial score (nSPS) is 14.9. The fourth-order valence-corrected chi connectivity index (χ4v) is 4.16. The van der Waals surface area contributed by atoms with Gasteiger partial charge in [-0.2, -0.15) is 0 Å². The van der Waals surface area contributed by atoms with Gasteiger partial charge in [0.15, 0.2) is 6.61 Å². The number of carbonyl (C=O) groups excluding carboxylic acids is 2. The Morgan fingerprint density at radius 1 is 1.06 bits per heavy atom. The maximum Gasteiger partial charge on any atom is 0.261 e. The summed E-state index contributed by atoms with van der Waals surface area (Å²) < 4.78 is 5.79. The third-order valence-corrected chi connectivity index (χ3v) is 6.21. The maximum absolute atomic E-state index is 13.2. The van der Waals surface area contributed by atoms with E-state index in [1.165, 1.54) is 5.56 Å². The summed E-state index contributed by atoms with van der Waals surface area (Å²) in [6, 6.07) is 15.5. The van der Waals surface area contributed by atoms with E-state index < -0.39 is 6.04 Å². The lowest BCUT2D eigenvalue weighted by Gasteiger charge is -2.29. The van der Waals surface area contributed by atoms with Gasteiger partial charge in [0.1, 0.15) is 11.8 Å². The van der Waals surface area contributed by atoms with Crippen LogP contribution in [0.3, 0.4) is 0 Å². The quantitative estimate of drug-likeness (QED) is 0.604. The molecule has 0 radical (unpaired) electrons. The molecular formula is C27H36N2O3. The molecule has 3 rings (SSSR count). The summed E-state index contributed by atoms with van der Waals surface area (Å²) in [5, 5.41) is 3.13. The molecule has 32 heavy (non-hydrogen) atoms. The molecule has 172 valence electrons. The molecule has 1 aliphatic rings. The SMILES string of the molecule is Cc1cccc(CN(C(=O)COc2ccc(C(C)C)cc2)[C@@H](C)C(=O)NC2CCCC2)c1. The van der Waals surface area contributed by atoms with Crippen LogP contribution >= 0.6 is 0 Å². The highest BCUT2D eigenvalue weighted by Gasteiger charge is 2.28. The van der Waals surface area contributed by atoms with Crippen LogP contribution in [0.15, 0.2) is 48.5 Å². The number of rotatable bonds is 9. The number of ether oxygens (including phenoxy) is 1. The number of benzene rings is 2. The minimum atomic E-state index is -0.574. The molecule has 0 heterocycles. The largest absolute Gasteiger partial charge is 0.484 e. The van der Waals surface area contributed by atoms with Gasteiger partial charge in [-0.3, -0.25) is 9.59 Å². The fourth-order valence-electron chi connectivity index (χ4n) is 4.16. The number of amides is 2. The molecule has 0 bridgehead atoms. The van der Waals surface area contributed by atoms with Crippen LogP contribution in [0.5, 0.6) is 5.75 Å². The number of nitrogens with zero attached hydrogens (tertiary/aromatic N) is 1. The van der Waals surface area contributed by atoms with Crippen LogP contribution in [0.2, 0.25) is 0 Å². The third kappa shape index (κ3) is 6.59. The lowest BCUT2D eigenvalue weighted by atomic mass is 10.0. The molecule has 0 unspecified atom stereocenters. The molecule has 2 amide bonds. The first-order valence-electron chi connectivity index (χ1n) is 11.7. The van der Waals surface area contributed by atoms with Crippen molar-refractivity contribution in [3.8, 4) is 5.75 Å². The summed E-state index contributed by atoms with van der Waals surface area (Å²) in [5.74, 6) is 0.795. The van der Waals surface area contributed by atoms with E-state index in [-0.39, 0.29) is 24.5 Å². The second-order valence-corrected chi connectivity index (χ2v) is 9.19. The Balaban J connectivity index is 1.69. The molecule has 0 aliphatic heterocycles. The second-order valence-electron chi connectivity index (χ2n) is 9.19. The van der Waals surface area contributed by atoms with Crippen molar-refractivity contribution in [1.82, 2.24) is 10.2 Å². The van der Waals surface area contributed by atoms with E-state index in [4.69, 9.17) is 4.74 Å². The van der Waals surface area contributed by atoms with Crippen molar-refractivity contribution in [3.63, 3.8) is 0 Å². The van der Waals surface area contributed by atoms with Crippen molar-refractivity contribution < 1.29 is 14.3 Å². The van der Waals surface area contributed by atoms with Crippen molar-refractivity contribution in [2.45, 2.75) is 77.9 Å². The highest BCUT2D eigenvalue weighted by molar-refractivity contribution is 5.88. The summed E-state index contributed by atoms with van der Waals surface area (Å²) in [6.45, 7) is 8.37. The molecule has 1 N–H and O–H groups in total. The minimum Gasteiger partial charge on any atom is -0.484 e. The second kappa shape index (κ2) is 11.2. The lowest BCUT2D eigenvalue weighted by Crippen LogP contribution is -2.50. The van der Waals surface area contributed by atoms with Crippen molar-refractivity contribution in [1.29, 1.82) is 0 Å². The van der Waals surface area contributed by atoms with Crippen LogP contribution in [0.4, 0.5) is 0 Å². The number of carbonyl (C=O) groups is 2. The monoisotopic (exact) mass is 436 g/mol. The first-order chi connectivity index (χ1) is 15.3. The van der Waals surface area contributed by atoms with Crippen LogP contribution in [-0.4, -0.2) is 35.4 Å². The van der Waals surface area contributed by atoms with Crippen LogP contribution < -0.4 is 10.1 Å². The van der Waals surface area contributed by atoms with Crippen molar-refractivity contribution in [2.75, 3.05) is 6.61 Å². The van der Waals surface area contributed by atoms with E-state index in [0.29, 0.717) is 18.2 Å². The highest BCUT2D eigenvalue weighted by atomic mass is 16.5. The Morgan fingerprint density at radius 2 is 1.75 bits per heavy atom. The number of hydrogen-bond donors (Lipinski definition) is 1.